The maximum absolute atomic E-state index is 13.1. The molecule has 0 atom stereocenters. The summed E-state index contributed by atoms with van der Waals surface area (Å²) in [5.41, 5.74) is 5.55. The van der Waals surface area contributed by atoms with Gasteiger partial charge in [0, 0.05) is 57.2 Å². The molecule has 1 aromatic heterocycles. The molecule has 1 aliphatic heterocycles. The number of aryl methyl sites for hydroxylation is 2. The molecule has 0 spiro atoms. The number of benzene rings is 1. The molecule has 5 nitrogen and oxygen atoms in total. The number of hydrogen-bond donors (Lipinski definition) is 0. The fourth-order valence-electron chi connectivity index (χ4n) is 3.55. The van der Waals surface area contributed by atoms with E-state index in [9.17, 15) is 4.79 Å². The third-order valence-electron chi connectivity index (χ3n) is 5.47. The van der Waals surface area contributed by atoms with Gasteiger partial charge in [-0.15, -0.1) is 0 Å². The first-order valence-electron chi connectivity index (χ1n) is 9.02. The number of hydrogen-bond acceptors (Lipinski definition) is 3. The molecule has 0 aliphatic carbocycles. The predicted octanol–water partition coefficient (Wildman–Crippen LogP) is 2.57. The maximum Gasteiger partial charge on any atom is 0.254 e. The van der Waals surface area contributed by atoms with Gasteiger partial charge in [-0.1, -0.05) is 6.07 Å². The topological polar surface area (TPSA) is 41.4 Å². The average molecular weight is 340 g/mol. The highest BCUT2D eigenvalue weighted by Gasteiger charge is 2.25. The molecule has 1 amide bonds. The lowest BCUT2D eigenvalue weighted by atomic mass is 9.93. The van der Waals surface area contributed by atoms with Crippen molar-refractivity contribution in [3.8, 4) is 0 Å². The third-order valence-corrected chi connectivity index (χ3v) is 5.47. The Morgan fingerprint density at radius 3 is 2.20 bits per heavy atom. The minimum atomic E-state index is 0.191. The van der Waals surface area contributed by atoms with E-state index in [-0.39, 0.29) is 5.91 Å². The number of piperazine rings is 1. The number of amides is 1. The Balaban J connectivity index is 1.62. The Bertz CT molecular complexity index is 717. The van der Waals surface area contributed by atoms with Gasteiger partial charge in [-0.2, -0.15) is 0 Å². The Hall–Kier alpha value is -2.14. The van der Waals surface area contributed by atoms with Gasteiger partial charge in [0.15, 0.2) is 0 Å². The van der Waals surface area contributed by atoms with Gasteiger partial charge in [0.05, 0.1) is 6.33 Å². The normalized spacial score (nSPS) is 15.6. The minimum absolute atomic E-state index is 0.191. The van der Waals surface area contributed by atoms with Gasteiger partial charge in [-0.3, -0.25) is 9.69 Å². The van der Waals surface area contributed by atoms with Gasteiger partial charge in [-0.25, -0.2) is 4.98 Å². The second kappa shape index (κ2) is 7.40. The summed E-state index contributed by atoms with van der Waals surface area (Å²) in [6.45, 7) is 13.7. The molecule has 0 unspecified atom stereocenters. The van der Waals surface area contributed by atoms with E-state index >= 15 is 0 Å². The van der Waals surface area contributed by atoms with Gasteiger partial charge in [0.2, 0.25) is 0 Å². The summed E-state index contributed by atoms with van der Waals surface area (Å²) in [6.07, 6.45) is 5.65. The molecule has 2 heterocycles. The molecule has 0 radical (unpaired) electrons. The summed E-state index contributed by atoms with van der Waals surface area (Å²) in [5, 5.41) is 0. The quantitative estimate of drug-likeness (QED) is 0.859. The van der Waals surface area contributed by atoms with Crippen LogP contribution in [0.3, 0.4) is 0 Å². The van der Waals surface area contributed by atoms with Crippen LogP contribution in [0.15, 0.2) is 24.8 Å². The predicted molar refractivity (Wildman–Crippen MR) is 100.0 cm³/mol. The van der Waals surface area contributed by atoms with Crippen LogP contribution in [0, 0.1) is 27.7 Å². The number of carbonyl (C=O) groups is 1. The van der Waals surface area contributed by atoms with Gasteiger partial charge >= 0.3 is 0 Å². The van der Waals surface area contributed by atoms with E-state index in [1.807, 2.05) is 23.6 Å². The van der Waals surface area contributed by atoms with Crippen LogP contribution in [-0.4, -0.2) is 58.0 Å². The van der Waals surface area contributed by atoms with Crippen molar-refractivity contribution >= 4 is 5.91 Å². The van der Waals surface area contributed by atoms with Crippen molar-refractivity contribution in [1.82, 2.24) is 19.4 Å². The molecule has 0 bridgehead atoms. The van der Waals surface area contributed by atoms with E-state index in [4.69, 9.17) is 0 Å². The number of nitrogens with zero attached hydrogens (tertiary/aromatic N) is 4. The summed E-state index contributed by atoms with van der Waals surface area (Å²) in [4.78, 5) is 21.6. The van der Waals surface area contributed by atoms with Crippen molar-refractivity contribution in [2.75, 3.05) is 32.7 Å². The van der Waals surface area contributed by atoms with E-state index in [1.54, 1.807) is 0 Å². The zero-order valence-electron chi connectivity index (χ0n) is 15.7. The minimum Gasteiger partial charge on any atom is -0.336 e. The summed E-state index contributed by atoms with van der Waals surface area (Å²) >= 11 is 0. The van der Waals surface area contributed by atoms with Crippen LogP contribution in [0.1, 0.15) is 32.6 Å². The molecular formula is C20H28N4O. The molecule has 25 heavy (non-hydrogen) atoms. The number of carbonyl (C=O) groups excluding carboxylic acids is 1. The molecule has 0 N–H and O–H groups in total. The number of imidazole rings is 1. The van der Waals surface area contributed by atoms with Crippen LogP contribution in [0.4, 0.5) is 0 Å². The molecule has 5 heteroatoms. The van der Waals surface area contributed by atoms with Crippen LogP contribution in [-0.2, 0) is 6.54 Å². The Morgan fingerprint density at radius 2 is 1.64 bits per heavy atom. The molecule has 134 valence electrons. The average Bonchev–Trinajstić information content (AvgIpc) is 3.12. The Morgan fingerprint density at radius 1 is 1.00 bits per heavy atom. The molecule has 1 aromatic carbocycles. The third kappa shape index (κ3) is 3.76. The van der Waals surface area contributed by atoms with E-state index in [0.29, 0.717) is 0 Å². The van der Waals surface area contributed by atoms with Crippen molar-refractivity contribution in [2.45, 2.75) is 34.2 Å². The first-order valence-corrected chi connectivity index (χ1v) is 9.02. The van der Waals surface area contributed by atoms with Gasteiger partial charge in [-0.05, 0) is 49.9 Å². The zero-order valence-corrected chi connectivity index (χ0v) is 15.7. The first kappa shape index (κ1) is 17.7. The molecule has 1 fully saturated rings. The zero-order chi connectivity index (χ0) is 18.0. The summed E-state index contributed by atoms with van der Waals surface area (Å²) in [7, 11) is 0. The summed E-state index contributed by atoms with van der Waals surface area (Å²) < 4.78 is 2.10. The first-order chi connectivity index (χ1) is 12.0. The van der Waals surface area contributed by atoms with E-state index < -0.39 is 0 Å². The van der Waals surface area contributed by atoms with Gasteiger partial charge < -0.3 is 9.47 Å². The van der Waals surface area contributed by atoms with E-state index in [2.05, 4.69) is 48.2 Å². The second-order valence-electron chi connectivity index (χ2n) is 7.07. The second-order valence-corrected chi connectivity index (χ2v) is 7.07. The van der Waals surface area contributed by atoms with Crippen molar-refractivity contribution < 1.29 is 4.79 Å². The van der Waals surface area contributed by atoms with E-state index in [1.165, 1.54) is 11.1 Å². The van der Waals surface area contributed by atoms with Gasteiger partial charge in [0.1, 0.15) is 0 Å². The highest BCUT2D eigenvalue weighted by Crippen LogP contribution is 2.23. The molecule has 0 saturated carbocycles. The largest absolute Gasteiger partial charge is 0.336 e. The lowest BCUT2D eigenvalue weighted by Crippen LogP contribution is -2.49. The Labute approximate surface area is 150 Å². The fourth-order valence-corrected chi connectivity index (χ4v) is 3.55. The van der Waals surface area contributed by atoms with Crippen molar-refractivity contribution in [3.05, 3.63) is 52.6 Å². The number of rotatable bonds is 4. The molecule has 2 aromatic rings. The monoisotopic (exact) mass is 340 g/mol. The lowest BCUT2D eigenvalue weighted by Gasteiger charge is -2.35. The van der Waals surface area contributed by atoms with Crippen molar-refractivity contribution in [3.63, 3.8) is 0 Å². The van der Waals surface area contributed by atoms with E-state index in [0.717, 1.165) is 56.0 Å². The van der Waals surface area contributed by atoms with Crippen LogP contribution in [0.2, 0.25) is 0 Å². The highest BCUT2D eigenvalue weighted by molar-refractivity contribution is 5.97. The van der Waals surface area contributed by atoms with Crippen LogP contribution >= 0.6 is 0 Å². The van der Waals surface area contributed by atoms with Crippen molar-refractivity contribution in [2.24, 2.45) is 0 Å². The van der Waals surface area contributed by atoms with Crippen LogP contribution < -0.4 is 0 Å². The standard InChI is InChI=1S/C20H28N4O/c1-15-13-16(2)18(4)19(17(15)3)20(25)24-11-9-22(10-12-24)7-8-23-6-5-21-14-23/h5-6,13-14H,7-12H2,1-4H3. The molecule has 3 rings (SSSR count). The smallest absolute Gasteiger partial charge is 0.254 e. The maximum atomic E-state index is 13.1. The lowest BCUT2D eigenvalue weighted by molar-refractivity contribution is 0.0631. The SMILES string of the molecule is Cc1cc(C)c(C)c(C(=O)N2CCN(CCn3ccnc3)CC2)c1C. The Kier molecular flexibility index (Phi) is 5.23. The van der Waals surface area contributed by atoms with Crippen LogP contribution in [0.25, 0.3) is 0 Å². The van der Waals surface area contributed by atoms with Crippen LogP contribution in [0.5, 0.6) is 0 Å². The highest BCUT2D eigenvalue weighted by atomic mass is 16.2. The fraction of sp³-hybridized carbons (Fsp3) is 0.500. The molecular weight excluding hydrogens is 312 g/mol. The summed E-state index contributed by atoms with van der Waals surface area (Å²) in [5.74, 6) is 0.191. The molecule has 1 saturated heterocycles. The van der Waals surface area contributed by atoms with Crippen molar-refractivity contribution in [1.29, 1.82) is 0 Å². The van der Waals surface area contributed by atoms with Gasteiger partial charge in [0.25, 0.3) is 5.91 Å². The molecule has 1 aliphatic rings. The summed E-state index contributed by atoms with van der Waals surface area (Å²) in [6, 6.07) is 2.18. The number of aromatic nitrogens is 2.